The van der Waals surface area contributed by atoms with Crippen LogP contribution in [0.1, 0.15) is 34.7 Å². The summed E-state index contributed by atoms with van der Waals surface area (Å²) in [6.45, 7) is 8.95. The van der Waals surface area contributed by atoms with Crippen molar-refractivity contribution in [2.24, 2.45) is 0 Å². The largest absolute Gasteiger partial charge is 0.354 e. The van der Waals surface area contributed by atoms with E-state index in [2.05, 4.69) is 10.0 Å². The summed E-state index contributed by atoms with van der Waals surface area (Å²) in [4.78, 5) is 12.5. The summed E-state index contributed by atoms with van der Waals surface area (Å²) in [6.07, 6.45) is 0.327. The first-order valence-corrected chi connectivity index (χ1v) is 10.6. The number of hydrogen-bond acceptors (Lipinski definition) is 3. The Bertz CT molecular complexity index is 961. The lowest BCUT2D eigenvalue weighted by atomic mass is 10.0. The van der Waals surface area contributed by atoms with E-state index < -0.39 is 22.0 Å². The van der Waals surface area contributed by atoms with Gasteiger partial charge in [0.05, 0.1) is 10.9 Å². The average Bonchev–Trinajstić information content (AvgIpc) is 2.61. The number of benzene rings is 2. The van der Waals surface area contributed by atoms with Gasteiger partial charge < -0.3 is 5.32 Å². The summed E-state index contributed by atoms with van der Waals surface area (Å²) in [5.74, 6) is -0.786. The van der Waals surface area contributed by atoms with Crippen molar-refractivity contribution in [1.29, 1.82) is 0 Å². The second-order valence-corrected chi connectivity index (χ2v) is 8.72. The van der Waals surface area contributed by atoms with E-state index >= 15 is 0 Å². The van der Waals surface area contributed by atoms with Crippen molar-refractivity contribution in [3.8, 4) is 0 Å². The lowest BCUT2D eigenvalue weighted by molar-refractivity contribution is -0.122. The highest BCUT2D eigenvalue weighted by Crippen LogP contribution is 2.26. The molecule has 1 amide bonds. The smallest absolute Gasteiger partial charge is 0.241 e. The first kappa shape index (κ1) is 22.0. The van der Waals surface area contributed by atoms with Crippen molar-refractivity contribution in [3.05, 3.63) is 64.0 Å². The molecule has 0 aliphatic heterocycles. The number of carbonyl (C=O) groups excluding carboxylic acids is 1. The van der Waals surface area contributed by atoms with Gasteiger partial charge in [-0.3, -0.25) is 4.79 Å². The van der Waals surface area contributed by atoms with Crippen LogP contribution in [-0.4, -0.2) is 26.9 Å². The zero-order valence-electron chi connectivity index (χ0n) is 16.9. The Balaban J connectivity index is 2.06. The van der Waals surface area contributed by atoms with Gasteiger partial charge in [-0.25, -0.2) is 12.8 Å². The third-order valence-corrected chi connectivity index (χ3v) is 6.76. The molecule has 152 valence electrons. The van der Waals surface area contributed by atoms with Crippen LogP contribution in [0.25, 0.3) is 0 Å². The normalized spacial score (nSPS) is 12.6. The fourth-order valence-corrected chi connectivity index (χ4v) is 4.92. The lowest BCUT2D eigenvalue weighted by Crippen LogP contribution is -2.45. The molecule has 0 bridgehead atoms. The van der Waals surface area contributed by atoms with Gasteiger partial charge in [0.25, 0.3) is 0 Å². The van der Waals surface area contributed by atoms with Crippen LogP contribution in [0.4, 0.5) is 4.39 Å². The number of nitrogens with one attached hydrogen (secondary N) is 2. The average molecular weight is 407 g/mol. The van der Waals surface area contributed by atoms with Crippen molar-refractivity contribution in [3.63, 3.8) is 0 Å². The van der Waals surface area contributed by atoms with Crippen LogP contribution in [0.15, 0.2) is 35.2 Å². The maximum Gasteiger partial charge on any atom is 0.241 e. The van der Waals surface area contributed by atoms with Crippen LogP contribution in [0.5, 0.6) is 0 Å². The molecule has 0 saturated carbocycles. The van der Waals surface area contributed by atoms with Gasteiger partial charge in [0.1, 0.15) is 5.82 Å². The number of sulfonamides is 1. The number of carbonyl (C=O) groups is 1. The van der Waals surface area contributed by atoms with Crippen molar-refractivity contribution in [1.82, 2.24) is 10.0 Å². The molecule has 0 aromatic heterocycles. The Morgan fingerprint density at radius 1 is 1.07 bits per heavy atom. The predicted molar refractivity (Wildman–Crippen MR) is 108 cm³/mol. The number of hydrogen-bond donors (Lipinski definition) is 2. The Kier molecular flexibility index (Phi) is 6.96. The van der Waals surface area contributed by atoms with E-state index in [1.165, 1.54) is 13.0 Å². The second-order valence-electron chi connectivity index (χ2n) is 7.06. The summed E-state index contributed by atoms with van der Waals surface area (Å²) in [5.41, 5.74) is 3.60. The molecule has 28 heavy (non-hydrogen) atoms. The molecule has 0 aliphatic carbocycles. The van der Waals surface area contributed by atoms with Crippen LogP contribution in [0.2, 0.25) is 0 Å². The van der Waals surface area contributed by atoms with Crippen LogP contribution in [0, 0.1) is 33.5 Å². The number of rotatable bonds is 7. The summed E-state index contributed by atoms with van der Waals surface area (Å²) in [5, 5.41) is 2.65. The minimum Gasteiger partial charge on any atom is -0.354 e. The van der Waals surface area contributed by atoms with E-state index in [1.807, 2.05) is 19.9 Å². The maximum absolute atomic E-state index is 13.6. The van der Waals surface area contributed by atoms with Crippen LogP contribution >= 0.6 is 0 Å². The van der Waals surface area contributed by atoms with Crippen molar-refractivity contribution in [2.45, 2.75) is 52.0 Å². The van der Waals surface area contributed by atoms with E-state index in [4.69, 9.17) is 0 Å². The summed E-state index contributed by atoms with van der Waals surface area (Å²) in [6, 6.07) is 7.34. The fraction of sp³-hybridized carbons (Fsp3) is 0.381. The minimum absolute atomic E-state index is 0.216. The summed E-state index contributed by atoms with van der Waals surface area (Å²) in [7, 11) is -3.87. The molecule has 2 rings (SSSR count). The molecule has 7 heteroatoms. The Morgan fingerprint density at radius 3 is 2.21 bits per heavy atom. The number of halogens is 1. The molecule has 0 saturated heterocycles. The topological polar surface area (TPSA) is 75.3 Å². The van der Waals surface area contributed by atoms with Gasteiger partial charge in [-0.2, -0.15) is 4.72 Å². The molecule has 0 aliphatic rings. The first-order valence-electron chi connectivity index (χ1n) is 9.15. The Labute approximate surface area is 166 Å². The van der Waals surface area contributed by atoms with Crippen molar-refractivity contribution < 1.29 is 17.6 Å². The van der Waals surface area contributed by atoms with E-state index in [0.29, 0.717) is 23.1 Å². The quantitative estimate of drug-likeness (QED) is 0.742. The monoisotopic (exact) mass is 406 g/mol. The molecule has 2 N–H and O–H groups in total. The first-order chi connectivity index (χ1) is 13.0. The molecule has 0 fully saturated rings. The fourth-order valence-electron chi connectivity index (χ4n) is 3.10. The molecule has 0 spiro atoms. The van der Waals surface area contributed by atoms with Gasteiger partial charge in [0, 0.05) is 6.54 Å². The van der Waals surface area contributed by atoms with Gasteiger partial charge in [0.15, 0.2) is 0 Å². The zero-order chi connectivity index (χ0) is 21.1. The van der Waals surface area contributed by atoms with Gasteiger partial charge in [-0.1, -0.05) is 24.3 Å². The van der Waals surface area contributed by atoms with E-state index in [-0.39, 0.29) is 17.3 Å². The van der Waals surface area contributed by atoms with E-state index in [9.17, 15) is 17.6 Å². The van der Waals surface area contributed by atoms with Gasteiger partial charge >= 0.3 is 0 Å². The van der Waals surface area contributed by atoms with E-state index in [1.54, 1.807) is 32.0 Å². The highest BCUT2D eigenvalue weighted by Gasteiger charge is 2.26. The van der Waals surface area contributed by atoms with E-state index in [0.717, 1.165) is 11.1 Å². The van der Waals surface area contributed by atoms with Crippen LogP contribution in [-0.2, 0) is 21.2 Å². The summed E-state index contributed by atoms with van der Waals surface area (Å²) < 4.78 is 41.9. The van der Waals surface area contributed by atoms with Crippen LogP contribution in [0.3, 0.4) is 0 Å². The predicted octanol–water partition coefficient (Wildman–Crippen LogP) is 3.09. The minimum atomic E-state index is -3.87. The van der Waals surface area contributed by atoms with Crippen molar-refractivity contribution in [2.75, 3.05) is 6.54 Å². The number of amides is 1. The molecule has 2 aromatic rings. The molecule has 0 unspecified atom stereocenters. The standard InChI is InChI=1S/C21H27FN2O3S/c1-13-12-14(2)16(4)20(15(13)3)28(26,27)24-17(5)21(25)23-11-10-18-8-6-7-9-19(18)22/h6-9,12,17,24H,10-11H2,1-5H3,(H,23,25)/t17-/m0/s1. The molecule has 0 heterocycles. The Morgan fingerprint density at radius 2 is 1.64 bits per heavy atom. The molecular weight excluding hydrogens is 379 g/mol. The highest BCUT2D eigenvalue weighted by atomic mass is 32.2. The zero-order valence-corrected chi connectivity index (χ0v) is 17.7. The molecule has 5 nitrogen and oxygen atoms in total. The second kappa shape index (κ2) is 8.84. The summed E-state index contributed by atoms with van der Waals surface area (Å²) >= 11 is 0. The molecular formula is C21H27FN2O3S. The third-order valence-electron chi connectivity index (χ3n) is 4.94. The molecule has 1 atom stereocenters. The molecule has 2 aromatic carbocycles. The Hall–Kier alpha value is -2.25. The van der Waals surface area contributed by atoms with Crippen LogP contribution < -0.4 is 10.0 Å². The van der Waals surface area contributed by atoms with Gasteiger partial charge in [-0.15, -0.1) is 0 Å². The van der Waals surface area contributed by atoms with Crippen molar-refractivity contribution >= 4 is 15.9 Å². The highest BCUT2D eigenvalue weighted by molar-refractivity contribution is 7.89. The maximum atomic E-state index is 13.6. The molecule has 0 radical (unpaired) electrons. The third kappa shape index (κ3) is 4.97. The number of aryl methyl sites for hydroxylation is 2. The van der Waals surface area contributed by atoms with Gasteiger partial charge in [0.2, 0.25) is 15.9 Å². The SMILES string of the molecule is Cc1cc(C)c(C)c(S(=O)(=O)N[C@@H](C)C(=O)NCCc2ccccc2F)c1C. The lowest BCUT2D eigenvalue weighted by Gasteiger charge is -2.19. The van der Waals surface area contributed by atoms with Gasteiger partial charge in [-0.05, 0) is 74.9 Å².